The van der Waals surface area contributed by atoms with Crippen LogP contribution in [0.5, 0.6) is 5.75 Å². The van der Waals surface area contributed by atoms with Crippen molar-refractivity contribution in [3.63, 3.8) is 0 Å². The molecular formula is C28H33N3O2. The number of rotatable bonds is 8. The van der Waals surface area contributed by atoms with Gasteiger partial charge in [0.1, 0.15) is 5.75 Å². The predicted octanol–water partition coefficient (Wildman–Crippen LogP) is 5.84. The fraction of sp³-hybridized carbons (Fsp3) is 0.321. The highest BCUT2D eigenvalue weighted by molar-refractivity contribution is 6.00. The second-order valence-electron chi connectivity index (χ2n) is 8.72. The van der Waals surface area contributed by atoms with Gasteiger partial charge in [-0.25, -0.2) is 4.79 Å². The number of para-hydroxylation sites is 1. The highest BCUT2D eigenvalue weighted by Gasteiger charge is 2.20. The van der Waals surface area contributed by atoms with Gasteiger partial charge in [0.25, 0.3) is 0 Å². The number of anilines is 2. The van der Waals surface area contributed by atoms with Gasteiger partial charge in [0.05, 0.1) is 7.11 Å². The molecule has 5 heteroatoms. The molecule has 0 bridgehead atoms. The molecular weight excluding hydrogens is 410 g/mol. The Balaban J connectivity index is 1.31. The van der Waals surface area contributed by atoms with E-state index in [9.17, 15) is 4.79 Å². The van der Waals surface area contributed by atoms with Gasteiger partial charge in [-0.05, 0) is 67.5 Å². The van der Waals surface area contributed by atoms with Crippen LogP contribution in [0.2, 0.25) is 0 Å². The van der Waals surface area contributed by atoms with E-state index in [1.807, 2.05) is 36.4 Å². The summed E-state index contributed by atoms with van der Waals surface area (Å²) in [7, 11) is 1.61. The number of hydrogen-bond donors (Lipinski definition) is 2. The van der Waals surface area contributed by atoms with Crippen molar-refractivity contribution < 1.29 is 9.53 Å². The van der Waals surface area contributed by atoms with Gasteiger partial charge in [0, 0.05) is 30.5 Å². The number of likely N-dealkylation sites (tertiary alicyclic amines) is 1. The van der Waals surface area contributed by atoms with Crippen molar-refractivity contribution in [2.24, 2.45) is 5.92 Å². The highest BCUT2D eigenvalue weighted by Crippen LogP contribution is 2.23. The monoisotopic (exact) mass is 443 g/mol. The van der Waals surface area contributed by atoms with E-state index in [0.717, 1.165) is 43.7 Å². The fourth-order valence-electron chi connectivity index (χ4n) is 4.59. The zero-order valence-corrected chi connectivity index (χ0v) is 19.3. The lowest BCUT2D eigenvalue weighted by atomic mass is 9.91. The second-order valence-corrected chi connectivity index (χ2v) is 8.72. The molecule has 0 saturated carbocycles. The van der Waals surface area contributed by atoms with E-state index in [0.29, 0.717) is 17.4 Å². The molecule has 4 rings (SSSR count). The van der Waals surface area contributed by atoms with Gasteiger partial charge < -0.3 is 20.3 Å². The zero-order chi connectivity index (χ0) is 22.9. The number of ether oxygens (including phenoxy) is 1. The summed E-state index contributed by atoms with van der Waals surface area (Å²) in [6, 6.07) is 26.0. The Morgan fingerprint density at radius 2 is 1.82 bits per heavy atom. The highest BCUT2D eigenvalue weighted by atomic mass is 16.5. The lowest BCUT2D eigenvalue weighted by Gasteiger charge is -2.33. The quantitative estimate of drug-likeness (QED) is 0.460. The molecule has 1 aliphatic heterocycles. The summed E-state index contributed by atoms with van der Waals surface area (Å²) in [4.78, 5) is 15.2. The maximum atomic E-state index is 12.6. The minimum atomic E-state index is -0.253. The largest absolute Gasteiger partial charge is 0.497 e. The van der Waals surface area contributed by atoms with Crippen molar-refractivity contribution in [2.75, 3.05) is 37.4 Å². The third kappa shape index (κ3) is 6.83. The molecule has 1 aliphatic rings. The predicted molar refractivity (Wildman–Crippen MR) is 135 cm³/mol. The van der Waals surface area contributed by atoms with Crippen LogP contribution in [0, 0.1) is 5.92 Å². The third-order valence-corrected chi connectivity index (χ3v) is 6.26. The van der Waals surface area contributed by atoms with Crippen molar-refractivity contribution >= 4 is 17.4 Å². The maximum absolute atomic E-state index is 12.6. The number of carbonyl (C=O) groups is 1. The number of methoxy groups -OCH3 is 1. The van der Waals surface area contributed by atoms with E-state index in [2.05, 4.69) is 51.9 Å². The minimum Gasteiger partial charge on any atom is -0.497 e. The zero-order valence-electron chi connectivity index (χ0n) is 19.3. The van der Waals surface area contributed by atoms with Crippen LogP contribution in [0.25, 0.3) is 0 Å². The molecule has 0 spiro atoms. The molecule has 2 N–H and O–H groups in total. The normalized spacial score (nSPS) is 16.2. The molecule has 5 nitrogen and oxygen atoms in total. The first-order valence-corrected chi connectivity index (χ1v) is 11.8. The average molecular weight is 444 g/mol. The number of nitrogens with one attached hydrogen (secondary N) is 2. The standard InChI is InChI=1S/C28H33N3O2/c1-33-26-14-7-13-25(20-26)29-28(32)30-27-15-6-5-12-24(27)16-18-31-17-8-11-23(21-31)19-22-9-3-2-4-10-22/h2-7,9-10,12-15,20,23H,8,11,16-19,21H2,1H3,(H2,29,30,32). The number of carbonyl (C=O) groups excluding carboxylic acids is 1. The fourth-order valence-corrected chi connectivity index (χ4v) is 4.59. The number of nitrogens with zero attached hydrogens (tertiary/aromatic N) is 1. The molecule has 3 aromatic rings. The van der Waals surface area contributed by atoms with E-state index in [-0.39, 0.29) is 6.03 Å². The smallest absolute Gasteiger partial charge is 0.323 e. The van der Waals surface area contributed by atoms with Crippen LogP contribution in [-0.2, 0) is 12.8 Å². The van der Waals surface area contributed by atoms with E-state index in [4.69, 9.17) is 4.74 Å². The van der Waals surface area contributed by atoms with Crippen molar-refractivity contribution in [3.05, 3.63) is 90.0 Å². The van der Waals surface area contributed by atoms with Crippen molar-refractivity contribution in [3.8, 4) is 5.75 Å². The Morgan fingerprint density at radius 3 is 2.67 bits per heavy atom. The van der Waals surface area contributed by atoms with Crippen LogP contribution in [0.4, 0.5) is 16.2 Å². The van der Waals surface area contributed by atoms with Crippen LogP contribution in [0.15, 0.2) is 78.9 Å². The molecule has 1 saturated heterocycles. The summed E-state index contributed by atoms with van der Waals surface area (Å²) >= 11 is 0. The minimum absolute atomic E-state index is 0.253. The first-order chi connectivity index (χ1) is 16.2. The third-order valence-electron chi connectivity index (χ3n) is 6.26. The van der Waals surface area contributed by atoms with Gasteiger partial charge in [0.15, 0.2) is 0 Å². The summed E-state index contributed by atoms with van der Waals surface area (Å²) in [5.74, 6) is 1.42. The van der Waals surface area contributed by atoms with Crippen LogP contribution in [-0.4, -0.2) is 37.7 Å². The Bertz CT molecular complexity index is 1040. The number of urea groups is 1. The summed E-state index contributed by atoms with van der Waals surface area (Å²) in [5, 5.41) is 5.90. The van der Waals surface area contributed by atoms with Gasteiger partial charge in [-0.15, -0.1) is 0 Å². The van der Waals surface area contributed by atoms with E-state index < -0.39 is 0 Å². The average Bonchev–Trinajstić information content (AvgIpc) is 2.84. The Kier molecular flexibility index (Phi) is 7.99. The van der Waals surface area contributed by atoms with Gasteiger partial charge in [0.2, 0.25) is 0 Å². The maximum Gasteiger partial charge on any atom is 0.323 e. The van der Waals surface area contributed by atoms with E-state index in [1.54, 1.807) is 13.2 Å². The van der Waals surface area contributed by atoms with Crippen LogP contribution >= 0.6 is 0 Å². The molecule has 1 heterocycles. The molecule has 172 valence electrons. The SMILES string of the molecule is COc1cccc(NC(=O)Nc2ccccc2CCN2CCCC(Cc3ccccc3)C2)c1. The van der Waals surface area contributed by atoms with Crippen LogP contribution < -0.4 is 15.4 Å². The van der Waals surface area contributed by atoms with Crippen molar-refractivity contribution in [2.45, 2.75) is 25.7 Å². The van der Waals surface area contributed by atoms with Gasteiger partial charge in [-0.3, -0.25) is 0 Å². The molecule has 33 heavy (non-hydrogen) atoms. The molecule has 0 aromatic heterocycles. The topological polar surface area (TPSA) is 53.6 Å². The second kappa shape index (κ2) is 11.5. The Labute approximate surface area is 196 Å². The Hall–Kier alpha value is -3.31. The molecule has 3 aromatic carbocycles. The number of benzene rings is 3. The number of piperidine rings is 1. The van der Waals surface area contributed by atoms with Crippen molar-refractivity contribution in [1.29, 1.82) is 0 Å². The summed E-state index contributed by atoms with van der Waals surface area (Å²) in [6.07, 6.45) is 4.61. The molecule has 2 amide bonds. The number of hydrogen-bond acceptors (Lipinski definition) is 3. The molecule has 1 fully saturated rings. The summed E-state index contributed by atoms with van der Waals surface area (Å²) in [5.41, 5.74) is 4.14. The van der Waals surface area contributed by atoms with Crippen LogP contribution in [0.3, 0.4) is 0 Å². The first-order valence-electron chi connectivity index (χ1n) is 11.8. The molecule has 1 atom stereocenters. The van der Waals surface area contributed by atoms with E-state index in [1.165, 1.54) is 18.4 Å². The molecule has 1 unspecified atom stereocenters. The van der Waals surface area contributed by atoms with Gasteiger partial charge in [-0.2, -0.15) is 0 Å². The van der Waals surface area contributed by atoms with Gasteiger partial charge >= 0.3 is 6.03 Å². The lowest BCUT2D eigenvalue weighted by Crippen LogP contribution is -2.37. The molecule has 0 aliphatic carbocycles. The van der Waals surface area contributed by atoms with Crippen molar-refractivity contribution in [1.82, 2.24) is 4.90 Å². The Morgan fingerprint density at radius 1 is 1.00 bits per heavy atom. The summed E-state index contributed by atoms with van der Waals surface area (Å²) < 4.78 is 5.23. The molecule has 0 radical (unpaired) electrons. The van der Waals surface area contributed by atoms with E-state index >= 15 is 0 Å². The first kappa shape index (κ1) is 22.9. The van der Waals surface area contributed by atoms with Crippen LogP contribution in [0.1, 0.15) is 24.0 Å². The summed E-state index contributed by atoms with van der Waals surface area (Å²) in [6.45, 7) is 3.29. The lowest BCUT2D eigenvalue weighted by molar-refractivity contribution is 0.176. The number of amides is 2. The van der Waals surface area contributed by atoms with Gasteiger partial charge in [-0.1, -0.05) is 54.6 Å².